The molecule has 3 aromatic rings. The molecule has 4 nitrogen and oxygen atoms in total. The van der Waals surface area contributed by atoms with Crippen molar-refractivity contribution in [3.05, 3.63) is 65.7 Å². The summed E-state index contributed by atoms with van der Waals surface area (Å²) in [7, 11) is 0. The minimum atomic E-state index is -0.665. The molecule has 1 aliphatic carbocycles. The first-order valence-electron chi connectivity index (χ1n) is 8.51. The monoisotopic (exact) mass is 346 g/mol. The van der Waals surface area contributed by atoms with Crippen molar-refractivity contribution < 1.29 is 19.1 Å². The highest BCUT2D eigenvalue weighted by atomic mass is 16.6. The summed E-state index contributed by atoms with van der Waals surface area (Å²) >= 11 is 0. The molecule has 0 heterocycles. The smallest absolute Gasteiger partial charge is 0.303 e. The third kappa shape index (κ3) is 2.84. The maximum absolute atomic E-state index is 11.7. The summed E-state index contributed by atoms with van der Waals surface area (Å²) in [6.07, 6.45) is 2.38. The number of benzene rings is 3. The number of fused-ring (bicyclic) bond motifs is 4. The van der Waals surface area contributed by atoms with Crippen molar-refractivity contribution in [2.45, 2.75) is 26.1 Å². The van der Waals surface area contributed by atoms with Crippen molar-refractivity contribution in [3.8, 4) is 0 Å². The van der Waals surface area contributed by atoms with E-state index >= 15 is 0 Å². The van der Waals surface area contributed by atoms with Gasteiger partial charge in [0.05, 0.1) is 0 Å². The van der Waals surface area contributed by atoms with Crippen molar-refractivity contribution in [1.82, 2.24) is 0 Å². The van der Waals surface area contributed by atoms with E-state index in [1.165, 1.54) is 13.8 Å². The molecular formula is C22H18O4. The third-order valence-electron chi connectivity index (χ3n) is 4.60. The van der Waals surface area contributed by atoms with E-state index in [0.29, 0.717) is 0 Å². The quantitative estimate of drug-likeness (QED) is 0.504. The van der Waals surface area contributed by atoms with Gasteiger partial charge in [0.15, 0.2) is 12.2 Å². The maximum Gasteiger partial charge on any atom is 0.303 e. The van der Waals surface area contributed by atoms with Crippen LogP contribution in [0.15, 0.2) is 54.6 Å². The molecule has 0 aliphatic heterocycles. The van der Waals surface area contributed by atoms with Gasteiger partial charge in [-0.1, -0.05) is 42.5 Å². The zero-order chi connectivity index (χ0) is 18.3. The summed E-state index contributed by atoms with van der Waals surface area (Å²) < 4.78 is 11.0. The molecule has 0 amide bonds. The molecule has 3 aromatic carbocycles. The molecule has 26 heavy (non-hydrogen) atoms. The lowest BCUT2D eigenvalue weighted by molar-refractivity contribution is -0.162. The van der Waals surface area contributed by atoms with Crippen LogP contribution in [0.2, 0.25) is 0 Å². The Hall–Kier alpha value is -3.14. The van der Waals surface area contributed by atoms with Crippen LogP contribution in [0.5, 0.6) is 0 Å². The molecule has 0 spiro atoms. The zero-order valence-electron chi connectivity index (χ0n) is 14.6. The topological polar surface area (TPSA) is 52.6 Å². The Bertz CT molecular complexity index is 1060. The van der Waals surface area contributed by atoms with Crippen LogP contribution in [0.4, 0.5) is 0 Å². The Morgan fingerprint density at radius 2 is 1.54 bits per heavy atom. The molecule has 0 bridgehead atoms. The molecule has 4 heteroatoms. The van der Waals surface area contributed by atoms with Crippen molar-refractivity contribution in [2.75, 3.05) is 0 Å². The van der Waals surface area contributed by atoms with Crippen LogP contribution in [0.3, 0.4) is 0 Å². The number of hydrogen-bond acceptors (Lipinski definition) is 4. The molecular weight excluding hydrogens is 328 g/mol. The summed E-state index contributed by atoms with van der Waals surface area (Å²) in [5.41, 5.74) is 1.83. The molecule has 0 unspecified atom stereocenters. The molecule has 0 radical (unpaired) electrons. The van der Waals surface area contributed by atoms with E-state index in [9.17, 15) is 9.59 Å². The molecule has 0 aromatic heterocycles. The maximum atomic E-state index is 11.7. The Morgan fingerprint density at radius 3 is 2.23 bits per heavy atom. The lowest BCUT2D eigenvalue weighted by Gasteiger charge is -2.30. The summed E-state index contributed by atoms with van der Waals surface area (Å²) in [5, 5.41) is 4.30. The van der Waals surface area contributed by atoms with Crippen LogP contribution in [0.1, 0.15) is 31.1 Å². The number of carbonyl (C=O) groups is 2. The summed E-state index contributed by atoms with van der Waals surface area (Å²) in [4.78, 5) is 23.2. The number of ether oxygens (including phenoxy) is 2. The van der Waals surface area contributed by atoms with E-state index in [1.54, 1.807) is 6.08 Å². The average Bonchev–Trinajstić information content (AvgIpc) is 2.60. The van der Waals surface area contributed by atoms with Gasteiger partial charge in [-0.05, 0) is 45.3 Å². The van der Waals surface area contributed by atoms with Gasteiger partial charge in [-0.3, -0.25) is 9.59 Å². The van der Waals surface area contributed by atoms with Crippen LogP contribution in [0, 0.1) is 0 Å². The van der Waals surface area contributed by atoms with E-state index in [0.717, 1.165) is 32.7 Å². The lowest BCUT2D eigenvalue weighted by atomic mass is 9.87. The first-order valence-corrected chi connectivity index (χ1v) is 8.51. The van der Waals surface area contributed by atoms with Crippen molar-refractivity contribution in [3.63, 3.8) is 0 Å². The van der Waals surface area contributed by atoms with Gasteiger partial charge >= 0.3 is 11.9 Å². The van der Waals surface area contributed by atoms with Crippen LogP contribution in [-0.4, -0.2) is 18.0 Å². The Labute approximate surface area is 151 Å². The minimum Gasteiger partial charge on any atom is -0.454 e. The van der Waals surface area contributed by atoms with Gasteiger partial charge < -0.3 is 9.47 Å². The highest BCUT2D eigenvalue weighted by Crippen LogP contribution is 2.39. The molecule has 0 N–H and O–H groups in total. The Balaban J connectivity index is 1.96. The van der Waals surface area contributed by atoms with E-state index in [1.807, 2.05) is 24.3 Å². The highest BCUT2D eigenvalue weighted by Gasteiger charge is 2.32. The van der Waals surface area contributed by atoms with E-state index in [-0.39, 0.29) is 0 Å². The summed E-state index contributed by atoms with van der Waals surface area (Å²) in [5.74, 6) is -0.822. The third-order valence-corrected chi connectivity index (χ3v) is 4.60. The number of carbonyl (C=O) groups excluding carboxylic acids is 2. The van der Waals surface area contributed by atoms with Crippen LogP contribution in [-0.2, 0) is 19.1 Å². The summed E-state index contributed by atoms with van der Waals surface area (Å²) in [6, 6.07) is 16.4. The van der Waals surface area contributed by atoms with Gasteiger partial charge in [0, 0.05) is 19.4 Å². The Morgan fingerprint density at radius 1 is 0.846 bits per heavy atom. The zero-order valence-corrected chi connectivity index (χ0v) is 14.6. The first kappa shape index (κ1) is 16.3. The largest absolute Gasteiger partial charge is 0.454 e. The van der Waals surface area contributed by atoms with Gasteiger partial charge in [0.1, 0.15) is 0 Å². The molecule has 0 saturated heterocycles. The average molecular weight is 346 g/mol. The Kier molecular flexibility index (Phi) is 3.96. The van der Waals surface area contributed by atoms with Gasteiger partial charge in [0.2, 0.25) is 0 Å². The molecule has 0 saturated carbocycles. The normalized spacial score (nSPS) is 18.5. The molecule has 2 atom stereocenters. The van der Waals surface area contributed by atoms with Crippen LogP contribution in [0.25, 0.3) is 27.6 Å². The van der Waals surface area contributed by atoms with Crippen molar-refractivity contribution >= 4 is 39.6 Å². The second-order valence-corrected chi connectivity index (χ2v) is 6.45. The van der Waals surface area contributed by atoms with Crippen LogP contribution >= 0.6 is 0 Å². The number of hydrogen-bond donors (Lipinski definition) is 0. The van der Waals surface area contributed by atoms with Gasteiger partial charge in [-0.25, -0.2) is 0 Å². The SMILES string of the molecule is CC(=O)O[C@H]1C=Cc2ccc3cc4ccccc4cc3c2[C@@H]1OC(C)=O. The molecule has 1 aliphatic rings. The van der Waals surface area contributed by atoms with E-state index in [2.05, 4.69) is 30.3 Å². The fourth-order valence-corrected chi connectivity index (χ4v) is 3.58. The second-order valence-electron chi connectivity index (χ2n) is 6.45. The predicted molar refractivity (Wildman–Crippen MR) is 101 cm³/mol. The van der Waals surface area contributed by atoms with Gasteiger partial charge in [-0.15, -0.1) is 0 Å². The first-order chi connectivity index (χ1) is 12.5. The van der Waals surface area contributed by atoms with Crippen molar-refractivity contribution in [2.24, 2.45) is 0 Å². The molecule has 0 fully saturated rings. The number of rotatable bonds is 2. The van der Waals surface area contributed by atoms with Gasteiger partial charge in [0.25, 0.3) is 0 Å². The minimum absolute atomic E-state index is 0.411. The van der Waals surface area contributed by atoms with Crippen LogP contribution < -0.4 is 0 Å². The predicted octanol–water partition coefficient (Wildman–Crippen LogP) is 4.56. The second kappa shape index (κ2) is 6.30. The van der Waals surface area contributed by atoms with Crippen molar-refractivity contribution in [1.29, 1.82) is 0 Å². The summed E-state index contributed by atoms with van der Waals surface area (Å²) in [6.45, 7) is 2.72. The standard InChI is InChI=1S/C22H18O4/c1-13(23)25-20-10-9-15-7-8-18-11-16-5-3-4-6-17(16)12-19(18)21(15)22(20)26-14(2)24/h3-12,20,22H,1-2H3/t20-,22+/m0/s1. The van der Waals surface area contributed by atoms with E-state index in [4.69, 9.17) is 9.47 Å². The fourth-order valence-electron chi connectivity index (χ4n) is 3.58. The molecule has 4 rings (SSSR count). The number of esters is 2. The molecule has 130 valence electrons. The fraction of sp³-hybridized carbons (Fsp3) is 0.182. The highest BCUT2D eigenvalue weighted by molar-refractivity contribution is 6.01. The lowest BCUT2D eigenvalue weighted by Crippen LogP contribution is -2.29. The van der Waals surface area contributed by atoms with E-state index < -0.39 is 24.1 Å². The van der Waals surface area contributed by atoms with Gasteiger partial charge in [-0.2, -0.15) is 0 Å².